The SMILES string of the molecule is COC1(S(=O)(=O)c2ccccc2C)C=CC(C(=O)C=[N+]=[N-])=CC1. The van der Waals surface area contributed by atoms with Crippen molar-refractivity contribution in [2.45, 2.75) is 23.2 Å². The van der Waals surface area contributed by atoms with Crippen LogP contribution in [0.4, 0.5) is 0 Å². The Morgan fingerprint density at radius 3 is 2.61 bits per heavy atom. The highest BCUT2D eigenvalue weighted by molar-refractivity contribution is 7.93. The number of carbonyl (C=O) groups is 1. The third-order valence-electron chi connectivity index (χ3n) is 3.77. The van der Waals surface area contributed by atoms with Gasteiger partial charge in [-0.3, -0.25) is 4.79 Å². The lowest BCUT2D eigenvalue weighted by Gasteiger charge is -2.30. The molecule has 0 aromatic heterocycles. The Balaban J connectivity index is 2.46. The van der Waals surface area contributed by atoms with Gasteiger partial charge in [-0.2, -0.15) is 4.79 Å². The van der Waals surface area contributed by atoms with Crippen LogP contribution in [0.25, 0.3) is 5.53 Å². The topological polar surface area (TPSA) is 96.8 Å². The summed E-state index contributed by atoms with van der Waals surface area (Å²) in [6.45, 7) is 1.71. The van der Waals surface area contributed by atoms with Gasteiger partial charge >= 0.3 is 6.21 Å². The Kier molecular flexibility index (Phi) is 4.75. The lowest BCUT2D eigenvalue weighted by atomic mass is 10.0. The van der Waals surface area contributed by atoms with Crippen molar-refractivity contribution in [3.63, 3.8) is 0 Å². The second-order valence-electron chi connectivity index (χ2n) is 5.09. The zero-order chi connectivity index (χ0) is 17.1. The average Bonchev–Trinajstić information content (AvgIpc) is 2.55. The Bertz CT molecular complexity index is 849. The minimum absolute atomic E-state index is 0.0169. The van der Waals surface area contributed by atoms with Crippen LogP contribution < -0.4 is 0 Å². The first-order chi connectivity index (χ1) is 10.9. The van der Waals surface area contributed by atoms with E-state index in [1.807, 2.05) is 0 Å². The number of rotatable bonds is 5. The first kappa shape index (κ1) is 17.0. The average molecular weight is 332 g/mol. The highest BCUT2D eigenvalue weighted by atomic mass is 32.2. The summed E-state index contributed by atoms with van der Waals surface area (Å²) >= 11 is 0. The number of hydrogen-bond acceptors (Lipinski definition) is 4. The molecule has 6 nitrogen and oxygen atoms in total. The molecule has 0 amide bonds. The maximum absolute atomic E-state index is 13.0. The largest absolute Gasteiger partial charge is 0.361 e. The molecule has 0 N–H and O–H groups in total. The van der Waals surface area contributed by atoms with Crippen LogP contribution in [-0.2, 0) is 19.4 Å². The first-order valence-corrected chi connectivity index (χ1v) is 8.33. The van der Waals surface area contributed by atoms with E-state index < -0.39 is 20.6 Å². The third kappa shape index (κ3) is 2.94. The number of carbonyl (C=O) groups excluding carboxylic acids is 1. The zero-order valence-electron chi connectivity index (χ0n) is 12.8. The molecule has 1 aliphatic carbocycles. The molecule has 1 atom stereocenters. The highest BCUT2D eigenvalue weighted by Gasteiger charge is 2.44. The number of ether oxygens (including phenoxy) is 1. The van der Waals surface area contributed by atoms with Gasteiger partial charge in [0.1, 0.15) is 0 Å². The van der Waals surface area contributed by atoms with Gasteiger partial charge in [-0.15, -0.1) is 0 Å². The summed E-state index contributed by atoms with van der Waals surface area (Å²) in [7, 11) is -2.50. The minimum Gasteiger partial charge on any atom is -0.361 e. The van der Waals surface area contributed by atoms with Gasteiger partial charge in [0.2, 0.25) is 9.84 Å². The van der Waals surface area contributed by atoms with E-state index in [-0.39, 0.29) is 16.9 Å². The molecule has 0 spiro atoms. The Labute approximate surface area is 134 Å². The molecule has 0 aliphatic heterocycles. The molecule has 0 saturated carbocycles. The molecule has 0 heterocycles. The normalized spacial score (nSPS) is 20.5. The lowest BCUT2D eigenvalue weighted by molar-refractivity contribution is -0.112. The third-order valence-corrected chi connectivity index (χ3v) is 6.18. The molecule has 1 aromatic rings. The van der Waals surface area contributed by atoms with E-state index in [1.165, 1.54) is 31.4 Å². The number of Topliss-reactive ketones (excluding diaryl/α,β-unsaturated/α-hetero) is 1. The van der Waals surface area contributed by atoms with Crippen molar-refractivity contribution in [1.29, 1.82) is 0 Å². The van der Waals surface area contributed by atoms with Crippen molar-refractivity contribution in [3.8, 4) is 0 Å². The van der Waals surface area contributed by atoms with Crippen molar-refractivity contribution in [2.75, 3.05) is 7.11 Å². The zero-order valence-corrected chi connectivity index (χ0v) is 13.6. The van der Waals surface area contributed by atoms with Gasteiger partial charge in [0.15, 0.2) is 4.93 Å². The van der Waals surface area contributed by atoms with Gasteiger partial charge in [0, 0.05) is 19.1 Å². The first-order valence-electron chi connectivity index (χ1n) is 6.84. The predicted octanol–water partition coefficient (Wildman–Crippen LogP) is 1.87. The number of allylic oxidation sites excluding steroid dienone is 2. The molecule has 0 radical (unpaired) electrons. The van der Waals surface area contributed by atoms with Crippen molar-refractivity contribution < 1.29 is 22.7 Å². The van der Waals surface area contributed by atoms with Crippen molar-refractivity contribution in [1.82, 2.24) is 0 Å². The van der Waals surface area contributed by atoms with Crippen molar-refractivity contribution >= 4 is 21.8 Å². The summed E-state index contributed by atoms with van der Waals surface area (Å²) < 4.78 is 31.3. The summed E-state index contributed by atoms with van der Waals surface area (Å²) in [5, 5.41) is 0. The molecular weight excluding hydrogens is 316 g/mol. The number of hydrogen-bond donors (Lipinski definition) is 0. The van der Waals surface area contributed by atoms with Crippen molar-refractivity contribution in [2.24, 2.45) is 0 Å². The summed E-state index contributed by atoms with van der Waals surface area (Å²) in [4.78, 5) is 12.9. The molecule has 120 valence electrons. The number of ketones is 1. The van der Waals surface area contributed by atoms with Crippen LogP contribution in [0.5, 0.6) is 0 Å². The van der Waals surface area contributed by atoms with E-state index in [0.29, 0.717) is 5.56 Å². The number of nitrogens with zero attached hydrogens (tertiary/aromatic N) is 2. The minimum atomic E-state index is -3.81. The smallest absolute Gasteiger partial charge is 0.328 e. The second-order valence-corrected chi connectivity index (χ2v) is 7.23. The number of benzene rings is 1. The number of methoxy groups -OCH3 is 1. The maximum atomic E-state index is 13.0. The highest BCUT2D eigenvalue weighted by Crippen LogP contribution is 2.36. The van der Waals surface area contributed by atoms with Gasteiger partial charge in [0.05, 0.1) is 4.90 Å². The summed E-state index contributed by atoms with van der Waals surface area (Å²) in [6.07, 6.45) is 4.92. The van der Waals surface area contributed by atoms with Crippen LogP contribution in [0.3, 0.4) is 0 Å². The fraction of sp³-hybridized carbons (Fsp3) is 0.250. The molecule has 1 aromatic carbocycles. The second kappa shape index (κ2) is 6.42. The Morgan fingerprint density at radius 1 is 1.39 bits per heavy atom. The van der Waals surface area contributed by atoms with Crippen LogP contribution >= 0.6 is 0 Å². The Morgan fingerprint density at radius 2 is 2.09 bits per heavy atom. The predicted molar refractivity (Wildman–Crippen MR) is 84.6 cm³/mol. The van der Waals surface area contributed by atoms with Gasteiger partial charge in [-0.1, -0.05) is 30.4 Å². The van der Waals surface area contributed by atoms with E-state index in [2.05, 4.69) is 4.79 Å². The molecule has 23 heavy (non-hydrogen) atoms. The van der Waals surface area contributed by atoms with Gasteiger partial charge < -0.3 is 10.3 Å². The molecule has 0 saturated heterocycles. The van der Waals surface area contributed by atoms with Crippen molar-refractivity contribution in [3.05, 3.63) is 59.2 Å². The monoisotopic (exact) mass is 332 g/mol. The molecular formula is C16H16N2O4S. The molecule has 1 unspecified atom stereocenters. The summed E-state index contributed by atoms with van der Waals surface area (Å²) in [5.41, 5.74) is 9.27. The van der Waals surface area contributed by atoms with E-state index in [9.17, 15) is 13.2 Å². The van der Waals surface area contributed by atoms with E-state index in [4.69, 9.17) is 10.3 Å². The number of aryl methyl sites for hydroxylation is 1. The van der Waals surface area contributed by atoms with Crippen LogP contribution in [-0.4, -0.2) is 37.2 Å². The van der Waals surface area contributed by atoms with E-state index in [1.54, 1.807) is 25.1 Å². The van der Waals surface area contributed by atoms with E-state index >= 15 is 0 Å². The van der Waals surface area contributed by atoms with Crippen LogP contribution in [0, 0.1) is 6.92 Å². The van der Waals surface area contributed by atoms with Crippen LogP contribution in [0.1, 0.15) is 12.0 Å². The fourth-order valence-electron chi connectivity index (χ4n) is 2.42. The van der Waals surface area contributed by atoms with Gasteiger partial charge in [-0.05, 0) is 24.6 Å². The quantitative estimate of drug-likeness (QED) is 0.467. The molecule has 0 fully saturated rings. The van der Waals surface area contributed by atoms with Gasteiger partial charge in [-0.25, -0.2) is 8.42 Å². The van der Waals surface area contributed by atoms with Crippen LogP contribution in [0.2, 0.25) is 0 Å². The number of sulfone groups is 1. The van der Waals surface area contributed by atoms with E-state index in [0.717, 1.165) is 6.21 Å². The summed E-state index contributed by atoms with van der Waals surface area (Å²) in [5.74, 6) is -0.512. The molecule has 2 rings (SSSR count). The lowest BCUT2D eigenvalue weighted by Crippen LogP contribution is -2.40. The maximum Gasteiger partial charge on any atom is 0.328 e. The molecule has 0 bridgehead atoms. The van der Waals surface area contributed by atoms with Crippen LogP contribution in [0.15, 0.2) is 53.0 Å². The molecule has 7 heteroatoms. The standard InChI is InChI=1S/C16H16N2O4S/c1-12-5-3-4-6-15(12)23(20,21)16(22-2)9-7-13(8-10-16)14(19)11-18-17/h3-9,11H,10H2,1-2H3. The fourth-order valence-corrected chi connectivity index (χ4v) is 4.31. The molecule has 1 aliphatic rings. The Hall–Kier alpha value is -2.34. The summed E-state index contributed by atoms with van der Waals surface area (Å²) in [6, 6.07) is 6.65. The van der Waals surface area contributed by atoms with Gasteiger partial charge in [0.25, 0.3) is 5.78 Å².